The van der Waals surface area contributed by atoms with Crippen LogP contribution < -0.4 is 10.6 Å². The Kier molecular flexibility index (Phi) is 4.80. The van der Waals surface area contributed by atoms with E-state index < -0.39 is 17.4 Å². The largest absolute Gasteiger partial charge is 0.348 e. The molecule has 2 aliphatic rings. The van der Waals surface area contributed by atoms with Gasteiger partial charge in [0.15, 0.2) is 0 Å². The molecular weight excluding hydrogens is 431 g/mol. The van der Waals surface area contributed by atoms with Gasteiger partial charge in [0.2, 0.25) is 11.8 Å². The van der Waals surface area contributed by atoms with Crippen molar-refractivity contribution in [2.24, 2.45) is 0 Å². The van der Waals surface area contributed by atoms with E-state index in [-0.39, 0.29) is 18.2 Å². The van der Waals surface area contributed by atoms with E-state index in [1.807, 2.05) is 55.5 Å². The van der Waals surface area contributed by atoms with E-state index >= 15 is 0 Å². The molecule has 31 heavy (non-hydrogen) atoms. The average Bonchev–Trinajstić information content (AvgIpc) is 3.01. The fourth-order valence-electron chi connectivity index (χ4n) is 5.14. The van der Waals surface area contributed by atoms with Crippen LogP contribution >= 0.6 is 23.2 Å². The molecule has 1 spiro atoms. The topological polar surface area (TPSA) is 58.2 Å². The number of piperidine rings is 1. The minimum Gasteiger partial charge on any atom is -0.348 e. The molecular formula is C25H20Cl2N2O2. The molecule has 0 aromatic heterocycles. The smallest absolute Gasteiger partial charge is 0.238 e. The summed E-state index contributed by atoms with van der Waals surface area (Å²) in [6.45, 7) is 2.00. The number of halogens is 2. The molecule has 3 aromatic carbocycles. The van der Waals surface area contributed by atoms with Crippen molar-refractivity contribution in [3.63, 3.8) is 0 Å². The third-order valence-electron chi connectivity index (χ3n) is 6.38. The monoisotopic (exact) mass is 450 g/mol. The maximum atomic E-state index is 13.8. The number of fused-ring (bicyclic) bond motifs is 2. The van der Waals surface area contributed by atoms with E-state index in [4.69, 9.17) is 23.2 Å². The standard InChI is InChI=1S/C25H20Cl2N2O2/c1-14-4-2-6-16(10-14)23-25(19-9-8-18(27)12-21(19)28-24(25)31)20(13-22(30)29-23)15-5-3-7-17(26)11-15/h2-12,20,23H,13H2,1H3,(H,28,31)(H,29,30). The lowest BCUT2D eigenvalue weighted by Gasteiger charge is -2.46. The minimum absolute atomic E-state index is 0.0997. The summed E-state index contributed by atoms with van der Waals surface area (Å²) in [6, 6.07) is 20.3. The van der Waals surface area contributed by atoms with Crippen molar-refractivity contribution in [3.05, 3.63) is 99.0 Å². The highest BCUT2D eigenvalue weighted by atomic mass is 35.5. The first kappa shape index (κ1) is 20.1. The Balaban J connectivity index is 1.81. The summed E-state index contributed by atoms with van der Waals surface area (Å²) in [7, 11) is 0. The van der Waals surface area contributed by atoms with Crippen LogP contribution in [0.2, 0.25) is 10.0 Å². The molecule has 1 fully saturated rings. The molecule has 2 aliphatic heterocycles. The molecule has 1 saturated heterocycles. The van der Waals surface area contributed by atoms with Crippen molar-refractivity contribution in [1.82, 2.24) is 5.32 Å². The number of benzene rings is 3. The summed E-state index contributed by atoms with van der Waals surface area (Å²) < 4.78 is 0. The minimum atomic E-state index is -1.04. The van der Waals surface area contributed by atoms with E-state index in [0.717, 1.165) is 22.3 Å². The van der Waals surface area contributed by atoms with Gasteiger partial charge in [-0.05, 0) is 47.9 Å². The van der Waals surface area contributed by atoms with Gasteiger partial charge >= 0.3 is 0 Å². The molecule has 0 saturated carbocycles. The third kappa shape index (κ3) is 3.13. The van der Waals surface area contributed by atoms with Gasteiger partial charge in [-0.3, -0.25) is 9.59 Å². The zero-order valence-electron chi connectivity index (χ0n) is 16.8. The van der Waals surface area contributed by atoms with Crippen LogP contribution in [0.5, 0.6) is 0 Å². The van der Waals surface area contributed by atoms with E-state index in [1.165, 1.54) is 0 Å². The van der Waals surface area contributed by atoms with Crippen LogP contribution in [-0.4, -0.2) is 11.8 Å². The molecule has 2 N–H and O–H groups in total. The Morgan fingerprint density at radius 2 is 1.65 bits per heavy atom. The van der Waals surface area contributed by atoms with E-state index in [2.05, 4.69) is 10.6 Å². The van der Waals surface area contributed by atoms with Gasteiger partial charge in [0.1, 0.15) is 5.41 Å². The Morgan fingerprint density at radius 3 is 2.42 bits per heavy atom. The van der Waals surface area contributed by atoms with Crippen LogP contribution in [0.15, 0.2) is 66.7 Å². The average molecular weight is 451 g/mol. The zero-order chi connectivity index (χ0) is 21.8. The van der Waals surface area contributed by atoms with E-state index in [9.17, 15) is 9.59 Å². The highest BCUT2D eigenvalue weighted by Crippen LogP contribution is 2.57. The third-order valence-corrected chi connectivity index (χ3v) is 6.85. The number of aryl methyl sites for hydroxylation is 1. The number of hydrogen-bond acceptors (Lipinski definition) is 2. The first-order chi connectivity index (χ1) is 14.9. The van der Waals surface area contributed by atoms with Gasteiger partial charge in [-0.25, -0.2) is 0 Å². The lowest BCUT2D eigenvalue weighted by atomic mass is 9.59. The number of nitrogens with one attached hydrogen (secondary N) is 2. The van der Waals surface area contributed by atoms with Crippen LogP contribution in [0.25, 0.3) is 0 Å². The second-order valence-corrected chi connectivity index (χ2v) is 9.11. The van der Waals surface area contributed by atoms with Gasteiger partial charge < -0.3 is 10.6 Å². The molecule has 2 heterocycles. The lowest BCUT2D eigenvalue weighted by Crippen LogP contribution is -2.56. The Labute approximate surface area is 190 Å². The summed E-state index contributed by atoms with van der Waals surface area (Å²) >= 11 is 12.5. The Hall–Kier alpha value is -2.82. The second kappa shape index (κ2) is 7.40. The molecule has 0 radical (unpaired) electrons. The van der Waals surface area contributed by atoms with Crippen molar-refractivity contribution in [2.75, 3.05) is 5.32 Å². The van der Waals surface area contributed by atoms with E-state index in [1.54, 1.807) is 18.2 Å². The van der Waals surface area contributed by atoms with Crippen molar-refractivity contribution in [1.29, 1.82) is 0 Å². The number of rotatable bonds is 2. The summed E-state index contributed by atoms with van der Waals surface area (Å²) in [6.07, 6.45) is 0.179. The number of carbonyl (C=O) groups excluding carboxylic acids is 2. The molecule has 0 bridgehead atoms. The maximum Gasteiger partial charge on any atom is 0.238 e. The lowest BCUT2D eigenvalue weighted by molar-refractivity contribution is -0.131. The molecule has 3 aromatic rings. The zero-order valence-corrected chi connectivity index (χ0v) is 18.3. The maximum absolute atomic E-state index is 13.8. The summed E-state index contributed by atoms with van der Waals surface area (Å²) in [4.78, 5) is 26.7. The van der Waals surface area contributed by atoms with Crippen molar-refractivity contribution < 1.29 is 9.59 Å². The fourth-order valence-corrected chi connectivity index (χ4v) is 5.51. The molecule has 4 nitrogen and oxygen atoms in total. The van der Waals surface area contributed by atoms with Crippen LogP contribution in [0, 0.1) is 6.92 Å². The summed E-state index contributed by atoms with van der Waals surface area (Å²) in [5.41, 5.74) is 3.28. The Morgan fingerprint density at radius 1 is 0.903 bits per heavy atom. The molecule has 2 amide bonds. The fraction of sp³-hybridized carbons (Fsp3) is 0.200. The Bertz CT molecular complexity index is 1170. The molecule has 3 unspecified atom stereocenters. The quantitative estimate of drug-likeness (QED) is 0.538. The van der Waals surface area contributed by atoms with Gasteiger partial charge in [0.05, 0.1) is 6.04 Å². The van der Waals surface area contributed by atoms with Gasteiger partial charge in [-0.15, -0.1) is 0 Å². The first-order valence-corrected chi connectivity index (χ1v) is 10.9. The number of hydrogen-bond donors (Lipinski definition) is 2. The van der Waals surface area contributed by atoms with Crippen molar-refractivity contribution in [3.8, 4) is 0 Å². The van der Waals surface area contributed by atoms with Crippen LogP contribution in [0.3, 0.4) is 0 Å². The summed E-state index contributed by atoms with van der Waals surface area (Å²) in [5, 5.41) is 7.28. The normalized spacial score (nSPS) is 24.6. The van der Waals surface area contributed by atoms with Crippen LogP contribution in [0.4, 0.5) is 5.69 Å². The SMILES string of the molecule is Cc1cccc(C2NC(=O)CC(c3cccc(Cl)c3)C23C(=O)Nc2cc(Cl)ccc23)c1. The van der Waals surface area contributed by atoms with Crippen LogP contribution in [-0.2, 0) is 15.0 Å². The summed E-state index contributed by atoms with van der Waals surface area (Å²) in [5.74, 6) is -0.647. The molecule has 6 heteroatoms. The van der Waals surface area contributed by atoms with Gasteiger partial charge in [0, 0.05) is 28.1 Å². The molecule has 0 aliphatic carbocycles. The van der Waals surface area contributed by atoms with Gasteiger partial charge in [0.25, 0.3) is 0 Å². The number of amides is 2. The van der Waals surface area contributed by atoms with Crippen molar-refractivity contribution in [2.45, 2.75) is 30.7 Å². The number of anilines is 1. The predicted octanol–water partition coefficient (Wildman–Crippen LogP) is 5.54. The number of carbonyl (C=O) groups is 2. The highest BCUT2D eigenvalue weighted by Gasteiger charge is 2.61. The van der Waals surface area contributed by atoms with E-state index in [0.29, 0.717) is 15.7 Å². The first-order valence-electron chi connectivity index (χ1n) is 10.1. The highest BCUT2D eigenvalue weighted by molar-refractivity contribution is 6.31. The van der Waals surface area contributed by atoms with Gasteiger partial charge in [-0.1, -0.05) is 71.2 Å². The predicted molar refractivity (Wildman–Crippen MR) is 123 cm³/mol. The second-order valence-electron chi connectivity index (χ2n) is 8.24. The van der Waals surface area contributed by atoms with Crippen molar-refractivity contribution >= 4 is 40.7 Å². The molecule has 5 rings (SSSR count). The van der Waals surface area contributed by atoms with Gasteiger partial charge in [-0.2, -0.15) is 0 Å². The molecule has 3 atom stereocenters. The molecule has 156 valence electrons. The van der Waals surface area contributed by atoms with Crippen LogP contribution in [0.1, 0.15) is 40.6 Å².